The number of aromatic nitrogens is 1. The Morgan fingerprint density at radius 3 is 2.30 bits per heavy atom. The standard InChI is InChI=1S/C27H24ClN5O3S/c28-22-7-1-2-8-23(22)30-27(35)33-17-15-32(16-18-33)26(34)20-10-12-21(13-11-20)31-37(36)24-9-3-5-19-6-4-14-29-25(19)24/h1-14,31H,15-18H2,(H,30,35). The van der Waals surface area contributed by atoms with Crippen molar-refractivity contribution in [2.24, 2.45) is 0 Å². The van der Waals surface area contributed by atoms with E-state index in [9.17, 15) is 13.8 Å². The van der Waals surface area contributed by atoms with Gasteiger partial charge in [0, 0.05) is 49.0 Å². The van der Waals surface area contributed by atoms with Crippen molar-refractivity contribution >= 4 is 56.8 Å². The first-order chi connectivity index (χ1) is 18.0. The Hall–Kier alpha value is -3.95. The van der Waals surface area contributed by atoms with Crippen LogP contribution < -0.4 is 10.0 Å². The van der Waals surface area contributed by atoms with E-state index >= 15 is 0 Å². The average molecular weight is 534 g/mol. The minimum Gasteiger partial charge on any atom is -0.335 e. The van der Waals surface area contributed by atoms with Gasteiger partial charge in [0.15, 0.2) is 11.0 Å². The van der Waals surface area contributed by atoms with Crippen molar-refractivity contribution < 1.29 is 13.8 Å². The second kappa shape index (κ2) is 11.0. The summed E-state index contributed by atoms with van der Waals surface area (Å²) in [5, 5.41) is 4.20. The number of rotatable bonds is 5. The van der Waals surface area contributed by atoms with Gasteiger partial charge in [-0.25, -0.2) is 9.00 Å². The molecule has 0 radical (unpaired) electrons. The molecule has 1 aliphatic heterocycles. The monoisotopic (exact) mass is 533 g/mol. The van der Waals surface area contributed by atoms with E-state index in [1.54, 1.807) is 70.6 Å². The number of piperazine rings is 1. The molecule has 4 aromatic rings. The lowest BCUT2D eigenvalue weighted by Crippen LogP contribution is -2.51. The molecule has 0 bridgehead atoms. The van der Waals surface area contributed by atoms with Gasteiger partial charge in [-0.15, -0.1) is 0 Å². The highest BCUT2D eigenvalue weighted by molar-refractivity contribution is 7.86. The van der Waals surface area contributed by atoms with Crippen molar-refractivity contribution in [3.8, 4) is 0 Å². The fourth-order valence-electron chi connectivity index (χ4n) is 4.12. The molecule has 2 N–H and O–H groups in total. The first kappa shape index (κ1) is 24.7. The van der Waals surface area contributed by atoms with Crippen molar-refractivity contribution in [1.29, 1.82) is 0 Å². The number of hydrogen-bond acceptors (Lipinski definition) is 4. The molecule has 5 rings (SSSR count). The second-order valence-corrected chi connectivity index (χ2v) is 10.1. The summed E-state index contributed by atoms with van der Waals surface area (Å²) in [5.41, 5.74) is 2.39. The molecule has 1 unspecified atom stereocenters. The molecular weight excluding hydrogens is 510 g/mol. The normalized spacial score (nSPS) is 14.3. The van der Waals surface area contributed by atoms with Crippen LogP contribution in [0.4, 0.5) is 16.2 Å². The van der Waals surface area contributed by atoms with Crippen molar-refractivity contribution in [3.63, 3.8) is 0 Å². The van der Waals surface area contributed by atoms with Gasteiger partial charge < -0.3 is 19.8 Å². The van der Waals surface area contributed by atoms with E-state index in [1.165, 1.54) is 0 Å². The summed E-state index contributed by atoms with van der Waals surface area (Å²) in [6.45, 7) is 1.68. The highest BCUT2D eigenvalue weighted by atomic mass is 35.5. The molecule has 1 atom stereocenters. The first-order valence-electron chi connectivity index (χ1n) is 11.7. The summed E-state index contributed by atoms with van der Waals surface area (Å²) in [6.07, 6.45) is 1.68. The number of para-hydroxylation sites is 2. The number of halogens is 1. The Balaban J connectivity index is 1.17. The van der Waals surface area contributed by atoms with Gasteiger partial charge in [-0.1, -0.05) is 41.9 Å². The number of pyridine rings is 1. The van der Waals surface area contributed by atoms with E-state index in [4.69, 9.17) is 11.6 Å². The molecule has 0 saturated carbocycles. The summed E-state index contributed by atoms with van der Waals surface area (Å²) >= 11 is 6.12. The fourth-order valence-corrected chi connectivity index (χ4v) is 5.31. The van der Waals surface area contributed by atoms with Crippen molar-refractivity contribution in [1.82, 2.24) is 14.8 Å². The van der Waals surface area contributed by atoms with Crippen molar-refractivity contribution in [2.75, 3.05) is 36.2 Å². The van der Waals surface area contributed by atoms with Gasteiger partial charge in [0.1, 0.15) is 0 Å². The Bertz CT molecular complexity index is 1470. The maximum Gasteiger partial charge on any atom is 0.322 e. The predicted octanol–water partition coefficient (Wildman–Crippen LogP) is 5.01. The number of benzene rings is 3. The smallest absolute Gasteiger partial charge is 0.322 e. The third-order valence-electron chi connectivity index (χ3n) is 6.11. The topological polar surface area (TPSA) is 94.6 Å². The van der Waals surface area contributed by atoms with E-state index in [1.807, 2.05) is 24.3 Å². The Labute approximate surface area is 221 Å². The Morgan fingerprint density at radius 2 is 1.54 bits per heavy atom. The van der Waals surface area contributed by atoms with Gasteiger partial charge >= 0.3 is 6.03 Å². The molecule has 3 amide bonds. The SMILES string of the molecule is O=C(Nc1ccccc1Cl)N1CCN(C(=O)c2ccc(NS(=O)c3cccc4cccnc34)cc2)CC1. The highest BCUT2D eigenvalue weighted by Gasteiger charge is 2.25. The number of hydrogen-bond donors (Lipinski definition) is 2. The molecule has 2 heterocycles. The Morgan fingerprint density at radius 1 is 0.838 bits per heavy atom. The second-order valence-electron chi connectivity index (χ2n) is 8.47. The molecule has 188 valence electrons. The number of carbonyl (C=O) groups excluding carboxylic acids is 2. The fraction of sp³-hybridized carbons (Fsp3) is 0.148. The van der Waals surface area contributed by atoms with Crippen LogP contribution in [0.1, 0.15) is 10.4 Å². The van der Waals surface area contributed by atoms with Crippen LogP contribution in [0.25, 0.3) is 10.9 Å². The number of fused-ring (bicyclic) bond motifs is 1. The van der Waals surface area contributed by atoms with Gasteiger partial charge in [-0.3, -0.25) is 9.78 Å². The van der Waals surface area contributed by atoms with Crippen LogP contribution >= 0.6 is 11.6 Å². The zero-order valence-corrected chi connectivity index (χ0v) is 21.3. The van der Waals surface area contributed by atoms with Crippen LogP contribution in [0.5, 0.6) is 0 Å². The molecule has 37 heavy (non-hydrogen) atoms. The molecule has 10 heteroatoms. The number of nitrogens with one attached hydrogen (secondary N) is 2. The summed E-state index contributed by atoms with van der Waals surface area (Å²) < 4.78 is 15.9. The van der Waals surface area contributed by atoms with Crippen molar-refractivity contribution in [2.45, 2.75) is 4.90 Å². The van der Waals surface area contributed by atoms with Crippen LogP contribution in [0.3, 0.4) is 0 Å². The minimum absolute atomic E-state index is 0.114. The van der Waals surface area contributed by atoms with Crippen LogP contribution in [-0.4, -0.2) is 57.1 Å². The number of carbonyl (C=O) groups is 2. The van der Waals surface area contributed by atoms with E-state index in [-0.39, 0.29) is 11.9 Å². The van der Waals surface area contributed by atoms with Gasteiger partial charge in [-0.05, 0) is 48.5 Å². The number of amides is 3. The molecule has 1 fully saturated rings. The molecular formula is C27H24ClN5O3S. The number of nitrogens with zero attached hydrogens (tertiary/aromatic N) is 3. The van der Waals surface area contributed by atoms with Gasteiger partial charge in [0.2, 0.25) is 0 Å². The quantitative estimate of drug-likeness (QED) is 0.377. The lowest BCUT2D eigenvalue weighted by Gasteiger charge is -2.34. The van der Waals surface area contributed by atoms with Crippen molar-refractivity contribution in [3.05, 3.63) is 95.6 Å². The minimum atomic E-state index is -1.52. The Kier molecular flexibility index (Phi) is 7.34. The lowest BCUT2D eigenvalue weighted by molar-refractivity contribution is 0.0671. The highest BCUT2D eigenvalue weighted by Crippen LogP contribution is 2.23. The molecule has 1 aromatic heterocycles. The van der Waals surface area contributed by atoms with Gasteiger partial charge in [0.05, 0.1) is 21.1 Å². The van der Waals surface area contributed by atoms with E-state index in [0.717, 1.165) is 5.39 Å². The van der Waals surface area contributed by atoms with Crippen LogP contribution in [0.2, 0.25) is 5.02 Å². The molecule has 0 spiro atoms. The summed E-state index contributed by atoms with van der Waals surface area (Å²) in [4.78, 5) is 33.9. The number of urea groups is 1. The zero-order valence-electron chi connectivity index (χ0n) is 19.8. The molecule has 1 saturated heterocycles. The maximum atomic E-state index is 13.0. The maximum absolute atomic E-state index is 13.0. The predicted molar refractivity (Wildman–Crippen MR) is 146 cm³/mol. The average Bonchev–Trinajstić information content (AvgIpc) is 2.94. The third-order valence-corrected chi connectivity index (χ3v) is 7.59. The van der Waals surface area contributed by atoms with Gasteiger partial charge in [0.25, 0.3) is 5.91 Å². The van der Waals surface area contributed by atoms with Gasteiger partial charge in [-0.2, -0.15) is 0 Å². The molecule has 8 nitrogen and oxygen atoms in total. The van der Waals surface area contributed by atoms with E-state index < -0.39 is 11.0 Å². The molecule has 0 aliphatic carbocycles. The number of anilines is 2. The largest absolute Gasteiger partial charge is 0.335 e. The molecule has 1 aliphatic rings. The summed E-state index contributed by atoms with van der Waals surface area (Å²) in [6, 6.07) is 23.0. The summed E-state index contributed by atoms with van der Waals surface area (Å²) in [5.74, 6) is -0.114. The van der Waals surface area contributed by atoms with Crippen LogP contribution in [-0.2, 0) is 11.0 Å². The first-order valence-corrected chi connectivity index (χ1v) is 13.2. The van der Waals surface area contributed by atoms with Crippen LogP contribution in [0.15, 0.2) is 90.0 Å². The molecule has 3 aromatic carbocycles. The third kappa shape index (κ3) is 5.58. The van der Waals surface area contributed by atoms with E-state index in [0.29, 0.717) is 58.6 Å². The lowest BCUT2D eigenvalue weighted by atomic mass is 10.1. The summed E-state index contributed by atoms with van der Waals surface area (Å²) in [7, 11) is -1.52. The zero-order chi connectivity index (χ0) is 25.8. The van der Waals surface area contributed by atoms with Crippen LogP contribution in [0, 0.1) is 0 Å². The van der Waals surface area contributed by atoms with E-state index in [2.05, 4.69) is 15.0 Å².